The molecule has 28 heteroatoms. The molecule has 146 heavy (non-hydrogen) atoms. The molecule has 14 N–H and O–H groups in total. The van der Waals surface area contributed by atoms with Gasteiger partial charge in [0.15, 0.2) is 0 Å². The largest absolute Gasteiger partial charge is 0.395 e. The summed E-state index contributed by atoms with van der Waals surface area (Å²) in [7, 11) is 2.04. The van der Waals surface area contributed by atoms with E-state index < -0.39 is 0 Å². The number of nitrogens with zero attached hydrogens (tertiary/aromatic N) is 7. The fourth-order valence-electron chi connectivity index (χ4n) is 22.5. The van der Waals surface area contributed by atoms with Gasteiger partial charge >= 0.3 is 0 Å². The van der Waals surface area contributed by atoms with E-state index in [2.05, 4.69) is 112 Å². The first-order valence-corrected chi connectivity index (χ1v) is 53.4. The third-order valence-electron chi connectivity index (χ3n) is 31.0. The van der Waals surface area contributed by atoms with Gasteiger partial charge in [-0.1, -0.05) is 115 Å². The van der Waals surface area contributed by atoms with Crippen LogP contribution in [0.2, 0.25) is 0 Å². The number of nitrogens with one attached hydrogen (secondary N) is 7. The van der Waals surface area contributed by atoms with Crippen LogP contribution in [0.25, 0.3) is 75.4 Å². The quantitative estimate of drug-likeness (QED) is 0.0207. The number of fused-ring (bicyclic) bond motifs is 7. The minimum absolute atomic E-state index is 0.00231. The van der Waals surface area contributed by atoms with E-state index in [9.17, 15) is 69.3 Å². The standard InChI is InChI=1S/2C18H24N2O2.2C17H22N2O2.3C16H20N2O2/c2*1-13-5-2-8-16-17(13)11-14(19-18(16)22)6-3-9-20-10-4-7-15(20)12-21;2*20-12-15-7-4-10-19(15)9-3-6-14-11-13-5-1-2-8-16(13)17(21)18-14;1-18-7-6-12(8-13(18)10-19)15-9-11-4-2-3-5-14(11)16(20)17-15;19-11-14-5-3-8-18(14)9-7-13-10-12-4-1-2-6-15(12)16(20)17-13;19-14-6-9-18(10-7-14)8-5-13-11-12-3-1-2-4-15(12)16(20)17-13/h2*2,5,8,11,15,21H,3-4,6-7,9-10,12H2,1H3,(H,19,22);2*1-2,5,8,11,15,20H,3-4,6-7,9-10,12H2,(H,18,21);2-5,9,12-13,19H,6-8,10H2,1H3,(H,17,20);1-2,4,6,10,14,19H,3,5,7-9,11H2,(H,17,20);1-4,11,14,19H,5-10H2,(H,17,20)/t4*15-;12?,13-;14-;/m001001./s1. The highest BCUT2D eigenvalue weighted by Crippen LogP contribution is 2.32. The predicted octanol–water partition coefficient (Wildman–Crippen LogP) is 13.0. The normalized spacial score (nSPS) is 19.8. The fourth-order valence-corrected chi connectivity index (χ4v) is 22.5. The van der Waals surface area contributed by atoms with Crippen molar-refractivity contribution in [2.24, 2.45) is 0 Å². The van der Waals surface area contributed by atoms with E-state index >= 15 is 0 Å². The second kappa shape index (κ2) is 54.4. The molecule has 7 fully saturated rings. The van der Waals surface area contributed by atoms with Gasteiger partial charge < -0.3 is 80.4 Å². The monoisotopic (exact) mass is 1990 g/mol. The van der Waals surface area contributed by atoms with Gasteiger partial charge in [0.25, 0.3) is 38.9 Å². The number of pyridine rings is 7. The first-order valence-electron chi connectivity index (χ1n) is 53.4. The molecule has 7 aromatic heterocycles. The second-order valence-electron chi connectivity index (χ2n) is 40.9. The van der Waals surface area contributed by atoms with Crippen LogP contribution in [0.5, 0.6) is 0 Å². The van der Waals surface area contributed by atoms with E-state index in [0.717, 1.165) is 346 Å². The summed E-state index contributed by atoms with van der Waals surface area (Å²) in [6, 6.07) is 66.4. The number of aryl methyl sites for hydroxylation is 6. The zero-order chi connectivity index (χ0) is 102. The van der Waals surface area contributed by atoms with Gasteiger partial charge in [-0.05, 0) is 361 Å². The molecule has 14 aromatic rings. The fraction of sp³-hybridized carbons (Fsp3) is 0.466. The Labute approximate surface area is 853 Å². The van der Waals surface area contributed by atoms with Crippen LogP contribution >= 0.6 is 0 Å². The van der Waals surface area contributed by atoms with Crippen molar-refractivity contribution in [1.82, 2.24) is 69.2 Å². The maximum atomic E-state index is 12.2. The van der Waals surface area contributed by atoms with Crippen molar-refractivity contribution in [1.29, 1.82) is 0 Å². The molecule has 7 aromatic carbocycles. The van der Waals surface area contributed by atoms with E-state index in [1.807, 2.05) is 179 Å². The molecule has 778 valence electrons. The van der Waals surface area contributed by atoms with Crippen LogP contribution < -0.4 is 38.9 Å². The highest BCUT2D eigenvalue weighted by Gasteiger charge is 2.31. The Morgan fingerprint density at radius 3 is 0.870 bits per heavy atom. The average Bonchev–Trinajstić information content (AvgIpc) is 1.07. The Morgan fingerprint density at radius 2 is 0.541 bits per heavy atom. The molecule has 14 heterocycles. The predicted molar refractivity (Wildman–Crippen MR) is 588 cm³/mol. The number of aromatic nitrogens is 7. The minimum atomic E-state index is -0.133. The maximum Gasteiger partial charge on any atom is 0.256 e. The Balaban J connectivity index is 0.000000128. The zero-order valence-corrected chi connectivity index (χ0v) is 85.4. The van der Waals surface area contributed by atoms with Crippen molar-refractivity contribution in [2.45, 2.75) is 216 Å². The highest BCUT2D eigenvalue weighted by atomic mass is 16.3. The molecule has 0 aliphatic carbocycles. The van der Waals surface area contributed by atoms with Crippen molar-refractivity contribution in [2.75, 3.05) is 138 Å². The maximum absolute atomic E-state index is 12.2. The Morgan fingerprint density at radius 1 is 0.267 bits per heavy atom. The molecule has 0 radical (unpaired) electrons. The van der Waals surface area contributed by atoms with Gasteiger partial charge in [0.1, 0.15) is 0 Å². The van der Waals surface area contributed by atoms with Crippen LogP contribution in [0, 0.1) is 13.8 Å². The lowest BCUT2D eigenvalue weighted by Crippen LogP contribution is -2.41. The van der Waals surface area contributed by atoms with E-state index in [0.29, 0.717) is 36.1 Å². The molecule has 7 saturated heterocycles. The Bertz CT molecular complexity index is 6790. The Kier molecular flexibility index (Phi) is 40.5. The van der Waals surface area contributed by atoms with Crippen molar-refractivity contribution < 1.29 is 35.7 Å². The van der Waals surface area contributed by atoms with Crippen LogP contribution in [0.3, 0.4) is 0 Å². The third kappa shape index (κ3) is 29.5. The van der Waals surface area contributed by atoms with Crippen LogP contribution in [0.4, 0.5) is 0 Å². The molecule has 28 nitrogen and oxygen atoms in total. The molecule has 0 saturated carbocycles. The van der Waals surface area contributed by atoms with Crippen molar-refractivity contribution >= 4 is 75.4 Å². The number of aliphatic hydroxyl groups excluding tert-OH is 7. The number of H-pyrrole nitrogens is 7. The summed E-state index contributed by atoms with van der Waals surface area (Å²) in [6.45, 7) is 19.5. The Hall–Kier alpha value is -11.6. The summed E-state index contributed by atoms with van der Waals surface area (Å²) in [5.41, 5.74) is 9.22. The molecule has 0 bridgehead atoms. The number of hydrogen-bond acceptors (Lipinski definition) is 21. The first kappa shape index (κ1) is 109. The molecular formula is C118H152N14O14. The number of likely N-dealkylation sites (tertiary alicyclic amines) is 7. The second-order valence-corrected chi connectivity index (χ2v) is 40.9. The van der Waals surface area contributed by atoms with Gasteiger partial charge in [-0.3, -0.25) is 58.1 Å². The lowest BCUT2D eigenvalue weighted by Gasteiger charge is -2.36. The lowest BCUT2D eigenvalue weighted by molar-refractivity contribution is 0.0831. The number of benzene rings is 7. The molecule has 0 amide bonds. The average molecular weight is 1990 g/mol. The van der Waals surface area contributed by atoms with E-state index in [-0.39, 0.29) is 90.7 Å². The number of hydrogen-bond donors (Lipinski definition) is 14. The number of aliphatic hydroxyl groups is 7. The highest BCUT2D eigenvalue weighted by molar-refractivity contribution is 5.88. The molecule has 7 atom stereocenters. The van der Waals surface area contributed by atoms with Gasteiger partial charge in [0, 0.05) is 159 Å². The van der Waals surface area contributed by atoms with Crippen molar-refractivity contribution in [3.05, 3.63) is 324 Å². The van der Waals surface area contributed by atoms with E-state index in [4.69, 9.17) is 0 Å². The number of rotatable bonds is 29. The van der Waals surface area contributed by atoms with Crippen LogP contribution in [0.1, 0.15) is 172 Å². The molecule has 7 aliphatic heterocycles. The van der Waals surface area contributed by atoms with E-state index in [1.54, 1.807) is 0 Å². The summed E-state index contributed by atoms with van der Waals surface area (Å²) < 4.78 is 0. The summed E-state index contributed by atoms with van der Waals surface area (Å²) in [6.07, 6.45) is 24.0. The molecule has 21 rings (SSSR count). The topological polar surface area (TPSA) is 394 Å². The molecule has 0 spiro atoms. The zero-order valence-electron chi connectivity index (χ0n) is 85.4. The number of aromatic amines is 7. The summed E-state index contributed by atoms with van der Waals surface area (Å²) >= 11 is 0. The van der Waals surface area contributed by atoms with Crippen molar-refractivity contribution in [3.63, 3.8) is 0 Å². The smallest absolute Gasteiger partial charge is 0.256 e. The summed E-state index contributed by atoms with van der Waals surface area (Å²) in [4.78, 5) is 122. The third-order valence-corrected chi connectivity index (χ3v) is 31.0. The van der Waals surface area contributed by atoms with Crippen LogP contribution in [0.15, 0.2) is 234 Å². The summed E-state index contributed by atoms with van der Waals surface area (Å²) in [5, 5.41) is 77.9. The number of likely N-dealkylation sites (N-methyl/N-ethyl adjacent to an activating group) is 1. The SMILES string of the molecule is CN1CCC(c2cc3ccccc3c(=O)[nH]2)C[C@H]1CO.Cc1cccc2c(=O)[nH]c(CCCN3CCC[C@H]3CO)cc12.Cc1cccc2c(=O)[nH]c(CCCN3CCC[C@H]3CO)cc12.O=c1[nH]c(CCCN2CCC[C@@H]2CO)cc2ccccc12.O=c1[nH]c(CCCN2CCC[C@H]2CO)cc2ccccc12.O=c1[nH]c(CCN2CCC(O)CC2)cc2ccccc12.O=c1[nH]c(CCN2CCC[C@@H]2CO)cc2ccccc12. The lowest BCUT2D eigenvalue weighted by atomic mass is 9.88. The molecule has 1 unspecified atom stereocenters. The molecule has 7 aliphatic rings. The van der Waals surface area contributed by atoms with Gasteiger partial charge in [0.2, 0.25) is 0 Å². The van der Waals surface area contributed by atoms with Crippen molar-refractivity contribution in [3.8, 4) is 0 Å². The van der Waals surface area contributed by atoms with Gasteiger partial charge in [-0.2, -0.15) is 0 Å². The van der Waals surface area contributed by atoms with Crippen LogP contribution in [-0.4, -0.2) is 286 Å². The van der Waals surface area contributed by atoms with Gasteiger partial charge in [-0.25, -0.2) is 0 Å². The molecular weight excluding hydrogens is 1840 g/mol. The first-order chi connectivity index (χ1) is 71.1. The summed E-state index contributed by atoms with van der Waals surface area (Å²) in [5.74, 6) is 0.320. The van der Waals surface area contributed by atoms with Gasteiger partial charge in [-0.15, -0.1) is 0 Å². The van der Waals surface area contributed by atoms with Crippen LogP contribution in [-0.2, 0) is 38.5 Å². The minimum Gasteiger partial charge on any atom is -0.395 e. The van der Waals surface area contributed by atoms with Gasteiger partial charge in [0.05, 0.1) is 45.7 Å². The number of piperidine rings is 2. The van der Waals surface area contributed by atoms with E-state index in [1.165, 1.54) is 25.7 Å².